The summed E-state index contributed by atoms with van der Waals surface area (Å²) in [5, 5.41) is 5.56. The van der Waals surface area contributed by atoms with Gasteiger partial charge < -0.3 is 54.9 Å². The van der Waals surface area contributed by atoms with Crippen LogP contribution in [0.4, 0.5) is 11.8 Å². The van der Waals surface area contributed by atoms with E-state index in [0.717, 1.165) is 0 Å². The van der Waals surface area contributed by atoms with Crippen LogP contribution < -0.4 is 16.2 Å². The van der Waals surface area contributed by atoms with Gasteiger partial charge in [-0.2, -0.15) is 4.98 Å². The van der Waals surface area contributed by atoms with Crippen molar-refractivity contribution < 1.29 is 59.2 Å². The Hall–Kier alpha value is -4.16. The molecule has 29 heteroatoms. The van der Waals surface area contributed by atoms with Gasteiger partial charge in [-0.05, 0) is 62.7 Å². The molecule has 0 aliphatic carbocycles. The molecule has 0 saturated carbocycles. The third-order valence-corrected chi connectivity index (χ3v) is 38.2. The third-order valence-electron chi connectivity index (χ3n) is 17.4. The van der Waals surface area contributed by atoms with Crippen LogP contribution in [-0.2, 0) is 54.4 Å². The van der Waals surface area contributed by atoms with E-state index in [1.165, 1.54) is 12.7 Å². The maximum absolute atomic E-state index is 13.0. The number of imidazole rings is 2. The molecule has 0 bridgehead atoms. The van der Waals surface area contributed by atoms with Crippen molar-refractivity contribution in [2.75, 3.05) is 49.9 Å². The van der Waals surface area contributed by atoms with Gasteiger partial charge in [-0.15, -0.1) is 11.8 Å². The van der Waals surface area contributed by atoms with Crippen molar-refractivity contribution in [1.29, 1.82) is 0 Å². The Labute approximate surface area is 526 Å². The second-order valence-electron chi connectivity index (χ2n) is 26.1. The van der Waals surface area contributed by atoms with Crippen LogP contribution in [0.15, 0.2) is 54.1 Å². The van der Waals surface area contributed by atoms with Gasteiger partial charge in [0, 0.05) is 18.6 Å². The molecule has 4 aliphatic heterocycles. The number of fused-ring (bicyclic) bond motifs is 4. The summed E-state index contributed by atoms with van der Waals surface area (Å²) < 4.78 is 78.4. The minimum Gasteiger partial charge on any atom is -0.414 e. The fourth-order valence-corrected chi connectivity index (χ4v) is 35.4. The molecule has 2 unspecified atom stereocenters. The van der Waals surface area contributed by atoms with Crippen LogP contribution >= 0.6 is 11.8 Å². The highest BCUT2D eigenvalue weighted by Crippen LogP contribution is 2.51. The molecule has 4 aromatic heterocycles. The Morgan fingerprint density at radius 1 is 0.636 bits per heavy atom. The zero-order chi connectivity index (χ0) is 64.4. The summed E-state index contributed by atoms with van der Waals surface area (Å²) >= 11 is 1.59. The number of aromatic nitrogens is 8. The first kappa shape index (κ1) is 69.7. The number of carbonyl (C=O) groups excluding carboxylic acids is 2. The van der Waals surface area contributed by atoms with Crippen LogP contribution in [0.5, 0.6) is 0 Å². The highest BCUT2D eigenvalue weighted by molar-refractivity contribution is 7.98. The van der Waals surface area contributed by atoms with E-state index in [9.17, 15) is 14.4 Å². The van der Waals surface area contributed by atoms with Crippen molar-refractivity contribution in [2.24, 2.45) is 5.92 Å². The number of rotatable bonds is 20. The molecule has 24 nitrogen and oxygen atoms in total. The summed E-state index contributed by atoms with van der Waals surface area (Å²) in [6, 6.07) is 9.00. The molecule has 2 amide bonds. The first-order chi connectivity index (χ1) is 41.6. The van der Waals surface area contributed by atoms with Gasteiger partial charge in [-0.3, -0.25) is 33.8 Å². The van der Waals surface area contributed by atoms with Gasteiger partial charge in [-0.1, -0.05) is 143 Å². The molecule has 3 N–H and O–H groups in total. The summed E-state index contributed by atoms with van der Waals surface area (Å²) in [5.74, 6) is -0.0541. The summed E-state index contributed by atoms with van der Waals surface area (Å²) in [6.07, 6.45) is 2.19. The highest BCUT2D eigenvalue weighted by Gasteiger charge is 2.64. The Morgan fingerprint density at radius 2 is 1.11 bits per heavy atom. The molecule has 4 aliphatic rings. The molecule has 88 heavy (non-hydrogen) atoms. The van der Waals surface area contributed by atoms with Crippen molar-refractivity contribution in [3.8, 4) is 0 Å². The van der Waals surface area contributed by atoms with Crippen LogP contribution in [0.1, 0.15) is 147 Å². The lowest BCUT2D eigenvalue weighted by Gasteiger charge is -2.51. The molecular formula is C59H96N10O14SSi4. The smallest absolute Gasteiger partial charge is 0.335 e. The topological polar surface area (TPSA) is 267 Å². The quantitative estimate of drug-likeness (QED) is 0.0483. The number of hydrogen-bond donors (Lipinski definition) is 3. The number of anilines is 2. The molecule has 0 radical (unpaired) electrons. The Kier molecular flexibility index (Phi) is 22.8. The summed E-state index contributed by atoms with van der Waals surface area (Å²) in [6.45, 7) is 39.1. The monoisotopic (exact) mass is 1310 g/mol. The number of amides is 2. The van der Waals surface area contributed by atoms with Gasteiger partial charge in [0.2, 0.25) is 11.9 Å². The Bertz CT molecular complexity index is 3170. The molecule has 0 spiro atoms. The second kappa shape index (κ2) is 28.8. The molecule has 4 saturated heterocycles. The first-order valence-corrected chi connectivity index (χ1v) is 40.3. The predicted molar refractivity (Wildman–Crippen MR) is 347 cm³/mol. The number of aromatic amines is 1. The zero-order valence-corrected chi connectivity index (χ0v) is 59.8. The average Bonchev–Trinajstić information content (AvgIpc) is 2.29. The van der Waals surface area contributed by atoms with Crippen molar-refractivity contribution in [1.82, 2.24) is 39.0 Å². The largest absolute Gasteiger partial charge is 0.414 e. The molecule has 9 rings (SSSR count). The molecule has 4 fully saturated rings. The van der Waals surface area contributed by atoms with Crippen molar-refractivity contribution >= 4 is 91.9 Å². The highest BCUT2D eigenvalue weighted by atomic mass is 32.2. The fourth-order valence-electron chi connectivity index (χ4n) is 12.7. The van der Waals surface area contributed by atoms with Crippen molar-refractivity contribution in [3.05, 3.63) is 65.2 Å². The number of methoxy groups -OCH3 is 1. The summed E-state index contributed by atoms with van der Waals surface area (Å²) in [4.78, 5) is 63.3. The molecule has 5 aromatic rings. The van der Waals surface area contributed by atoms with Gasteiger partial charge in [0.1, 0.15) is 49.7 Å². The van der Waals surface area contributed by atoms with Crippen molar-refractivity contribution in [3.63, 3.8) is 0 Å². The van der Waals surface area contributed by atoms with Crippen LogP contribution in [-0.4, -0.2) is 161 Å². The lowest BCUT2D eigenvalue weighted by Crippen LogP contribution is -2.66. The SMILES string of the molecule is COCO[C@H]1C2O[Si](C(C)C)(C(C)C)O[Si](C(C)C)(C(C)C)OC[C@H]2O[C@H]1n1cnc2c(=O)[nH]c(NC(=O)C(C)C)nc21.CSCO[C@H]1C2O[Si](C(C)C)(C(C)C)O[Si](C(C)C)(C(C)C)OC[C@H]2O[C@H]1n1cnc2c(NC(=O)c3ccccc3)ncnc21. The Balaban J connectivity index is 0.000000228. The van der Waals surface area contributed by atoms with E-state index < -0.39 is 88.9 Å². The number of hydrogen-bond acceptors (Lipinski definition) is 20. The Morgan fingerprint density at radius 3 is 1.58 bits per heavy atom. The van der Waals surface area contributed by atoms with Crippen LogP contribution in [0, 0.1) is 5.92 Å². The first-order valence-electron chi connectivity index (χ1n) is 31.0. The van der Waals surface area contributed by atoms with Crippen LogP contribution in [0.3, 0.4) is 0 Å². The van der Waals surface area contributed by atoms with E-state index >= 15 is 0 Å². The minimum atomic E-state index is -2.97. The van der Waals surface area contributed by atoms with Gasteiger partial charge in [-0.25, -0.2) is 19.9 Å². The van der Waals surface area contributed by atoms with Crippen molar-refractivity contribution in [2.45, 2.75) is 218 Å². The third kappa shape index (κ3) is 13.7. The average molecular weight is 1310 g/mol. The minimum absolute atomic E-state index is 0.0102. The standard InChI is InChI=1S/C31H47N5O6SSi2.C28H49N5O8Si2/c1-19(2)44(20(3)4)39-15-24-26(41-45(42-44,21(5)6)22(7)8)27(38-18-43-9)31(40-24)36-17-34-25-28(32-16-33-29(25)36)35-30(37)23-13-11-10-12-14-23;1-15(2)25(34)31-28-30-24-21(26(35)32-28)29-13-33(24)27-23(37-14-36-11)22-20(39-27)12-38-42(16(3)4,17(5)6)41-43(40-22,18(7)8)19(9)10/h10-14,16-17,19-22,24,26-27,31H,15,18H2,1-9H3,(H,32,33,35,37);13,15-20,22-23,27H,12,14H2,1-11H3,(H2,30,31,32,34,35)/t24-,26?,27+,31-;20-,22?,23+,27-/m11/s1. The van der Waals surface area contributed by atoms with E-state index in [-0.39, 0.29) is 92.6 Å². The summed E-state index contributed by atoms with van der Waals surface area (Å²) in [5.41, 5.74) is 2.75. The van der Waals surface area contributed by atoms with E-state index in [4.69, 9.17) is 49.6 Å². The van der Waals surface area contributed by atoms with E-state index in [1.807, 2.05) is 29.0 Å². The molecule has 8 atom stereocenters. The number of nitrogens with zero attached hydrogens (tertiary/aromatic N) is 7. The second-order valence-corrected chi connectivity index (χ2v) is 44.6. The maximum Gasteiger partial charge on any atom is 0.335 e. The fraction of sp³-hybridized carbons (Fsp3) is 0.695. The van der Waals surface area contributed by atoms with E-state index in [1.54, 1.807) is 55.7 Å². The molecule has 1 aromatic carbocycles. The summed E-state index contributed by atoms with van der Waals surface area (Å²) in [7, 11) is -9.85. The number of carbonyl (C=O) groups is 2. The van der Waals surface area contributed by atoms with Gasteiger partial charge >= 0.3 is 34.2 Å². The normalized spacial score (nSPS) is 25.1. The van der Waals surface area contributed by atoms with Gasteiger partial charge in [0.15, 0.2) is 40.6 Å². The number of nitrogens with one attached hydrogen (secondary N) is 3. The van der Waals surface area contributed by atoms with Crippen LogP contribution in [0.2, 0.25) is 44.3 Å². The molecule has 488 valence electrons. The maximum atomic E-state index is 13.0. The lowest BCUT2D eigenvalue weighted by atomic mass is 10.1. The van der Waals surface area contributed by atoms with Gasteiger partial charge in [0.25, 0.3) is 11.5 Å². The lowest BCUT2D eigenvalue weighted by molar-refractivity contribution is -0.127. The number of ether oxygens (including phenoxy) is 5. The molecular weight excluding hydrogens is 1220 g/mol. The van der Waals surface area contributed by atoms with Crippen LogP contribution in [0.25, 0.3) is 22.3 Å². The van der Waals surface area contributed by atoms with E-state index in [2.05, 4.69) is 151 Å². The zero-order valence-electron chi connectivity index (χ0n) is 55.0. The number of benzene rings is 1. The predicted octanol–water partition coefficient (Wildman–Crippen LogP) is 11.2. The van der Waals surface area contributed by atoms with E-state index in [0.29, 0.717) is 35.1 Å². The molecule has 8 heterocycles. The number of thioether (sulfide) groups is 1. The van der Waals surface area contributed by atoms with Gasteiger partial charge in [0.05, 0.1) is 31.8 Å². The number of H-pyrrole nitrogens is 1.